The molecule has 0 unspecified atom stereocenters. The van der Waals surface area contributed by atoms with Crippen molar-refractivity contribution in [2.45, 2.75) is 27.7 Å². The second kappa shape index (κ2) is 14.5. The van der Waals surface area contributed by atoms with Crippen molar-refractivity contribution >= 4 is 24.1 Å². The zero-order chi connectivity index (χ0) is 19.3. The molecule has 6 N–H and O–H groups in total. The van der Waals surface area contributed by atoms with Crippen LogP contribution in [0, 0.1) is 0 Å². The molecule has 0 rings (SSSR count). The Balaban J connectivity index is -0.000000592. The van der Waals surface area contributed by atoms with E-state index < -0.39 is 24.1 Å². The van der Waals surface area contributed by atoms with Crippen LogP contribution in [-0.4, -0.2) is 57.9 Å². The van der Waals surface area contributed by atoms with Crippen LogP contribution in [0.4, 0.5) is 9.59 Å². The van der Waals surface area contributed by atoms with Gasteiger partial charge in [0.25, 0.3) is 0 Å². The quantitative estimate of drug-likeness (QED) is 0.574. The Hall–Kier alpha value is -3.08. The van der Waals surface area contributed by atoms with Crippen LogP contribution in [0.2, 0.25) is 0 Å². The summed E-state index contributed by atoms with van der Waals surface area (Å²) in [4.78, 5) is 43.2. The van der Waals surface area contributed by atoms with Crippen molar-refractivity contribution in [3.8, 4) is 0 Å². The maximum Gasteiger partial charge on any atom is 0.417 e. The fourth-order valence-corrected chi connectivity index (χ4v) is 1.01. The van der Waals surface area contributed by atoms with E-state index in [1.807, 2.05) is 0 Å². The Morgan fingerprint density at radius 3 is 1.48 bits per heavy atom. The third kappa shape index (κ3) is 14.3. The van der Waals surface area contributed by atoms with Crippen LogP contribution in [0.15, 0.2) is 23.5 Å². The molecule has 0 aliphatic rings. The lowest BCUT2D eigenvalue weighted by molar-refractivity contribution is -0.133. The van der Waals surface area contributed by atoms with Gasteiger partial charge in [0.05, 0.1) is 24.4 Å². The minimum atomic E-state index is -1.22. The van der Waals surface area contributed by atoms with Crippen LogP contribution in [0.1, 0.15) is 27.7 Å². The second-order valence-corrected chi connectivity index (χ2v) is 4.09. The number of hydrogen-bond acceptors (Lipinski definition) is 6. The minimum Gasteiger partial charge on any atom is -0.478 e. The number of nitrogens with two attached hydrogens (primary N) is 1. The lowest BCUT2D eigenvalue weighted by Crippen LogP contribution is -2.23. The minimum absolute atomic E-state index is 0. The average molecular weight is 364 g/mol. The molecule has 25 heavy (non-hydrogen) atoms. The molecule has 0 saturated heterocycles. The van der Waals surface area contributed by atoms with Gasteiger partial charge in [-0.3, -0.25) is 4.90 Å². The van der Waals surface area contributed by atoms with Gasteiger partial charge in [0.2, 0.25) is 0 Å². The Morgan fingerprint density at radius 2 is 1.28 bits per heavy atom. The van der Waals surface area contributed by atoms with Gasteiger partial charge in [-0.15, -0.1) is 0 Å². The molecule has 0 heterocycles. The molecule has 11 heteroatoms. The van der Waals surface area contributed by atoms with Gasteiger partial charge in [-0.1, -0.05) is 0 Å². The number of carbonyl (C=O) groups excluding carboxylic acids is 2. The molecule has 0 saturated carbocycles. The van der Waals surface area contributed by atoms with Crippen molar-refractivity contribution in [3.05, 3.63) is 23.5 Å². The zero-order valence-corrected chi connectivity index (χ0v) is 14.4. The summed E-state index contributed by atoms with van der Waals surface area (Å²) in [5.41, 5.74) is 4.29. The fraction of sp³-hybridized carbons (Fsp3) is 0.429. The van der Waals surface area contributed by atoms with Crippen molar-refractivity contribution < 1.29 is 44.3 Å². The van der Waals surface area contributed by atoms with Gasteiger partial charge in [0.1, 0.15) is 0 Å². The van der Waals surface area contributed by atoms with Gasteiger partial charge < -0.3 is 30.9 Å². The van der Waals surface area contributed by atoms with E-state index in [1.165, 1.54) is 13.8 Å². The molecule has 0 atom stereocenters. The van der Waals surface area contributed by atoms with Crippen LogP contribution in [0.25, 0.3) is 0 Å². The average Bonchev–Trinajstić information content (AvgIpc) is 2.46. The third-order valence-corrected chi connectivity index (χ3v) is 2.11. The zero-order valence-electron chi connectivity index (χ0n) is 14.4. The highest BCUT2D eigenvalue weighted by molar-refractivity contribution is 5.88. The molecule has 2 amide bonds. The molecule has 144 valence electrons. The third-order valence-electron chi connectivity index (χ3n) is 2.11. The summed E-state index contributed by atoms with van der Waals surface area (Å²) in [5, 5.41) is 17.4. The molecule has 0 aliphatic carbocycles. The van der Waals surface area contributed by atoms with E-state index in [0.29, 0.717) is 6.61 Å². The van der Waals surface area contributed by atoms with Crippen molar-refractivity contribution in [2.24, 2.45) is 5.73 Å². The number of primary amides is 1. The van der Waals surface area contributed by atoms with Gasteiger partial charge >= 0.3 is 24.1 Å². The number of amides is 2. The number of carbonyl (C=O) groups is 4. The smallest absolute Gasteiger partial charge is 0.417 e. The standard InChI is InChI=1S/C11H15NO6.C3H7NO2.H2O/c1-4-18-11(17)12(5-7(2)9(13)14)6-8(3)10(15)16;1-2-6-3(4)5;/h5-6H,4H2,1-3H3,(H,13,14)(H,15,16);2H2,1H3,(H2,4,5);1H2. The van der Waals surface area contributed by atoms with E-state index in [-0.39, 0.29) is 23.2 Å². The van der Waals surface area contributed by atoms with E-state index >= 15 is 0 Å². The number of aliphatic carboxylic acids is 2. The Labute approximate surface area is 144 Å². The van der Waals surface area contributed by atoms with Gasteiger partial charge in [0, 0.05) is 12.4 Å². The predicted molar refractivity (Wildman–Crippen MR) is 86.5 cm³/mol. The van der Waals surface area contributed by atoms with Crippen LogP contribution < -0.4 is 5.73 Å². The molecule has 0 aliphatic heterocycles. The van der Waals surface area contributed by atoms with Gasteiger partial charge in [0.15, 0.2) is 0 Å². The summed E-state index contributed by atoms with van der Waals surface area (Å²) in [5.74, 6) is -2.43. The molecular formula is C14H24N2O9. The largest absolute Gasteiger partial charge is 0.478 e. The first kappa shape index (κ1) is 26.8. The summed E-state index contributed by atoms with van der Waals surface area (Å²) < 4.78 is 8.86. The van der Waals surface area contributed by atoms with E-state index in [1.54, 1.807) is 13.8 Å². The molecule has 0 bridgehead atoms. The van der Waals surface area contributed by atoms with Gasteiger partial charge in [-0.25, -0.2) is 19.2 Å². The second-order valence-electron chi connectivity index (χ2n) is 4.09. The topological polar surface area (TPSA) is 188 Å². The lowest BCUT2D eigenvalue weighted by Gasteiger charge is -2.14. The van der Waals surface area contributed by atoms with E-state index in [2.05, 4.69) is 15.2 Å². The summed E-state index contributed by atoms with van der Waals surface area (Å²) in [6, 6.07) is 0. The lowest BCUT2D eigenvalue weighted by atomic mass is 10.3. The predicted octanol–water partition coefficient (Wildman–Crippen LogP) is 0.699. The molecule has 11 nitrogen and oxygen atoms in total. The first-order valence-corrected chi connectivity index (χ1v) is 6.77. The number of nitrogens with zero attached hydrogens (tertiary/aromatic N) is 1. The van der Waals surface area contributed by atoms with Crippen molar-refractivity contribution in [2.75, 3.05) is 13.2 Å². The first-order chi connectivity index (χ1) is 11.1. The van der Waals surface area contributed by atoms with Gasteiger partial charge in [-0.05, 0) is 27.7 Å². The van der Waals surface area contributed by atoms with Crippen molar-refractivity contribution in [1.82, 2.24) is 4.90 Å². The fourth-order valence-electron chi connectivity index (χ4n) is 1.01. The SMILES string of the molecule is CCOC(=O)N(C=C(C)C(=O)O)C=C(C)C(=O)O.CCOC(N)=O.O. The van der Waals surface area contributed by atoms with Crippen LogP contribution in [0.5, 0.6) is 0 Å². The normalized spacial score (nSPS) is 10.4. The summed E-state index contributed by atoms with van der Waals surface area (Å²) in [6.07, 6.45) is 0.427. The highest BCUT2D eigenvalue weighted by Crippen LogP contribution is 2.05. The van der Waals surface area contributed by atoms with Crippen LogP contribution in [-0.2, 0) is 19.1 Å². The Morgan fingerprint density at radius 1 is 0.920 bits per heavy atom. The molecule has 0 aromatic rings. The number of carboxylic acids is 2. The maximum absolute atomic E-state index is 11.5. The molecule has 0 aromatic heterocycles. The number of carboxylic acid groups (broad SMARTS) is 2. The van der Waals surface area contributed by atoms with Crippen LogP contribution >= 0.6 is 0 Å². The molecule has 0 aromatic carbocycles. The van der Waals surface area contributed by atoms with E-state index in [0.717, 1.165) is 17.3 Å². The van der Waals surface area contributed by atoms with Crippen molar-refractivity contribution in [1.29, 1.82) is 0 Å². The number of rotatable bonds is 6. The molecular weight excluding hydrogens is 340 g/mol. The highest BCUT2D eigenvalue weighted by Gasteiger charge is 2.14. The molecule has 0 spiro atoms. The van der Waals surface area contributed by atoms with Crippen molar-refractivity contribution in [3.63, 3.8) is 0 Å². The molecule has 0 radical (unpaired) electrons. The van der Waals surface area contributed by atoms with E-state index in [4.69, 9.17) is 10.2 Å². The molecule has 0 fully saturated rings. The Kier molecular flexibility index (Phi) is 15.6. The maximum atomic E-state index is 11.5. The highest BCUT2D eigenvalue weighted by atomic mass is 16.6. The Bertz CT molecular complexity index is 496. The van der Waals surface area contributed by atoms with Gasteiger partial charge in [-0.2, -0.15) is 0 Å². The summed E-state index contributed by atoms with van der Waals surface area (Å²) in [6.45, 7) is 6.28. The monoisotopic (exact) mass is 364 g/mol. The summed E-state index contributed by atoms with van der Waals surface area (Å²) in [7, 11) is 0. The van der Waals surface area contributed by atoms with Crippen LogP contribution in [0.3, 0.4) is 0 Å². The number of hydrogen-bond donors (Lipinski definition) is 3. The van der Waals surface area contributed by atoms with E-state index in [9.17, 15) is 19.2 Å². The first-order valence-electron chi connectivity index (χ1n) is 6.77. The summed E-state index contributed by atoms with van der Waals surface area (Å²) >= 11 is 0. The number of ether oxygens (including phenoxy) is 2.